The quantitative estimate of drug-likeness (QED) is 0.277. The SMILES string of the molecule is CCSC(N)CNc1nc2cc(CCc3nc(C(C)C)cs3)ccn2c(=O)c1/C=C/C(=O)O. The zero-order valence-electron chi connectivity index (χ0n) is 18.9. The Morgan fingerprint density at radius 2 is 2.15 bits per heavy atom. The number of thioether (sulfide) groups is 1. The smallest absolute Gasteiger partial charge is 0.328 e. The monoisotopic (exact) mass is 487 g/mol. The van der Waals surface area contributed by atoms with Gasteiger partial charge in [0.1, 0.15) is 11.5 Å². The van der Waals surface area contributed by atoms with Gasteiger partial charge in [0.05, 0.1) is 21.6 Å². The number of aryl methyl sites for hydroxylation is 2. The predicted molar refractivity (Wildman–Crippen MR) is 136 cm³/mol. The molecule has 0 aromatic carbocycles. The number of nitrogens with zero attached hydrogens (tertiary/aromatic N) is 3. The van der Waals surface area contributed by atoms with Crippen molar-refractivity contribution in [2.45, 2.75) is 44.9 Å². The molecule has 0 bridgehead atoms. The van der Waals surface area contributed by atoms with Crippen molar-refractivity contribution in [1.29, 1.82) is 0 Å². The molecular formula is C23H29N5O3S2. The largest absolute Gasteiger partial charge is 0.478 e. The Morgan fingerprint density at radius 1 is 1.36 bits per heavy atom. The topological polar surface area (TPSA) is 123 Å². The summed E-state index contributed by atoms with van der Waals surface area (Å²) < 4.78 is 1.43. The second-order valence-electron chi connectivity index (χ2n) is 7.81. The number of aliphatic carboxylic acids is 1. The van der Waals surface area contributed by atoms with Crippen molar-refractivity contribution in [3.63, 3.8) is 0 Å². The molecule has 0 radical (unpaired) electrons. The standard InChI is InChI=1S/C23H29N5O3S2/c1-4-32-18(24)12-25-22-16(6-8-21(29)30)23(31)28-10-9-15(11-19(28)27-22)5-7-20-26-17(13-33-20)14(2)3/h6,8-11,13-14,18,25H,4-5,7,12,24H2,1-3H3,(H,29,30)/b8-6+. The lowest BCUT2D eigenvalue weighted by Crippen LogP contribution is -2.28. The first-order chi connectivity index (χ1) is 15.8. The summed E-state index contributed by atoms with van der Waals surface area (Å²) in [5, 5.41) is 15.2. The number of nitrogens with two attached hydrogens (primary N) is 1. The van der Waals surface area contributed by atoms with E-state index in [1.54, 1.807) is 29.3 Å². The van der Waals surface area contributed by atoms with Gasteiger partial charge in [0, 0.05) is 30.6 Å². The lowest BCUT2D eigenvalue weighted by Gasteiger charge is -2.14. The Bertz CT molecular complexity index is 1200. The molecule has 0 aliphatic rings. The van der Waals surface area contributed by atoms with Crippen molar-refractivity contribution in [3.8, 4) is 0 Å². The Hall–Kier alpha value is -2.69. The van der Waals surface area contributed by atoms with Gasteiger partial charge in [-0.2, -0.15) is 0 Å². The molecule has 33 heavy (non-hydrogen) atoms. The molecule has 10 heteroatoms. The third-order valence-corrected chi connectivity index (χ3v) is 6.82. The number of fused-ring (bicyclic) bond motifs is 1. The van der Waals surface area contributed by atoms with Gasteiger partial charge in [-0.25, -0.2) is 14.8 Å². The third-order valence-electron chi connectivity index (χ3n) is 4.96. The van der Waals surface area contributed by atoms with Gasteiger partial charge in [0.25, 0.3) is 5.56 Å². The third kappa shape index (κ3) is 6.66. The fraction of sp³-hybridized carbons (Fsp3) is 0.391. The summed E-state index contributed by atoms with van der Waals surface area (Å²) in [5.74, 6) is 0.458. The fourth-order valence-electron chi connectivity index (χ4n) is 3.22. The minimum atomic E-state index is -1.14. The average molecular weight is 488 g/mol. The summed E-state index contributed by atoms with van der Waals surface area (Å²) in [5.41, 5.74) is 8.55. The van der Waals surface area contributed by atoms with E-state index in [2.05, 4.69) is 34.5 Å². The Kier molecular flexibility index (Phi) is 8.65. The Morgan fingerprint density at radius 3 is 2.82 bits per heavy atom. The van der Waals surface area contributed by atoms with E-state index in [4.69, 9.17) is 10.8 Å². The van der Waals surface area contributed by atoms with Crippen molar-refractivity contribution >= 4 is 46.6 Å². The summed E-state index contributed by atoms with van der Waals surface area (Å²) in [4.78, 5) is 33.4. The second-order valence-corrected chi connectivity index (χ2v) is 10.3. The van der Waals surface area contributed by atoms with Crippen LogP contribution in [0.5, 0.6) is 0 Å². The van der Waals surface area contributed by atoms with Crippen LogP contribution in [0.2, 0.25) is 0 Å². The van der Waals surface area contributed by atoms with Gasteiger partial charge < -0.3 is 16.2 Å². The summed E-state index contributed by atoms with van der Waals surface area (Å²) in [6.07, 6.45) is 5.48. The Labute approximate surface area is 201 Å². The minimum absolute atomic E-state index is 0.174. The highest BCUT2D eigenvalue weighted by atomic mass is 32.2. The molecule has 1 unspecified atom stereocenters. The molecule has 1 atom stereocenters. The van der Waals surface area contributed by atoms with E-state index in [0.29, 0.717) is 23.9 Å². The highest BCUT2D eigenvalue weighted by Crippen LogP contribution is 2.20. The van der Waals surface area contributed by atoms with Crippen LogP contribution in [0.25, 0.3) is 11.7 Å². The molecule has 3 aromatic heterocycles. The second kappa shape index (κ2) is 11.4. The first-order valence-electron chi connectivity index (χ1n) is 10.8. The van der Waals surface area contributed by atoms with Crippen molar-refractivity contribution in [3.05, 3.63) is 62.0 Å². The molecule has 0 fully saturated rings. The van der Waals surface area contributed by atoms with Gasteiger partial charge in [-0.05, 0) is 41.9 Å². The number of hydrogen-bond donors (Lipinski definition) is 3. The van der Waals surface area contributed by atoms with Crippen LogP contribution in [0.1, 0.15) is 48.5 Å². The predicted octanol–water partition coefficient (Wildman–Crippen LogP) is 3.61. The van der Waals surface area contributed by atoms with Gasteiger partial charge in [0.15, 0.2) is 0 Å². The first-order valence-corrected chi connectivity index (χ1v) is 12.7. The molecule has 176 valence electrons. The van der Waals surface area contributed by atoms with Crippen molar-refractivity contribution < 1.29 is 9.90 Å². The molecule has 3 rings (SSSR count). The summed E-state index contributed by atoms with van der Waals surface area (Å²) in [6, 6.07) is 3.77. The van der Waals surface area contributed by atoms with Crippen molar-refractivity contribution in [2.75, 3.05) is 17.6 Å². The van der Waals surface area contributed by atoms with E-state index in [1.165, 1.54) is 10.5 Å². The van der Waals surface area contributed by atoms with Crippen LogP contribution in [0.3, 0.4) is 0 Å². The molecule has 3 heterocycles. The molecule has 0 amide bonds. The number of carboxylic acid groups (broad SMARTS) is 1. The zero-order chi connectivity index (χ0) is 24.0. The van der Waals surface area contributed by atoms with E-state index < -0.39 is 5.97 Å². The van der Waals surface area contributed by atoms with Crippen LogP contribution in [0.4, 0.5) is 5.82 Å². The number of anilines is 1. The molecule has 4 N–H and O–H groups in total. The maximum absolute atomic E-state index is 13.1. The summed E-state index contributed by atoms with van der Waals surface area (Å²) in [6.45, 7) is 6.68. The summed E-state index contributed by atoms with van der Waals surface area (Å²) in [7, 11) is 0. The fourth-order valence-corrected chi connectivity index (χ4v) is 4.80. The maximum atomic E-state index is 13.1. The highest BCUT2D eigenvalue weighted by Gasteiger charge is 2.13. The normalized spacial score (nSPS) is 12.6. The molecule has 0 aliphatic carbocycles. The number of rotatable bonds is 11. The van der Waals surface area contributed by atoms with E-state index in [-0.39, 0.29) is 16.5 Å². The van der Waals surface area contributed by atoms with Crippen LogP contribution < -0.4 is 16.6 Å². The molecule has 0 saturated heterocycles. The number of carbonyl (C=O) groups is 1. The molecule has 0 saturated carbocycles. The molecular weight excluding hydrogens is 458 g/mol. The lowest BCUT2D eigenvalue weighted by atomic mass is 10.1. The number of thiazole rings is 1. The highest BCUT2D eigenvalue weighted by molar-refractivity contribution is 7.99. The first kappa shape index (κ1) is 24.9. The lowest BCUT2D eigenvalue weighted by molar-refractivity contribution is -0.131. The van der Waals surface area contributed by atoms with E-state index in [1.807, 2.05) is 19.1 Å². The number of carboxylic acids is 1. The molecule has 8 nitrogen and oxygen atoms in total. The summed E-state index contributed by atoms with van der Waals surface area (Å²) >= 11 is 3.25. The minimum Gasteiger partial charge on any atom is -0.478 e. The van der Waals surface area contributed by atoms with Gasteiger partial charge in [-0.3, -0.25) is 9.20 Å². The van der Waals surface area contributed by atoms with Gasteiger partial charge in [-0.15, -0.1) is 23.1 Å². The molecule has 3 aromatic rings. The average Bonchev–Trinajstić information content (AvgIpc) is 3.25. The van der Waals surface area contributed by atoms with Gasteiger partial charge in [0.2, 0.25) is 0 Å². The number of pyridine rings is 1. The number of nitrogens with one attached hydrogen (secondary N) is 1. The van der Waals surface area contributed by atoms with E-state index in [9.17, 15) is 9.59 Å². The number of aromatic nitrogens is 3. The van der Waals surface area contributed by atoms with Crippen LogP contribution >= 0.6 is 23.1 Å². The van der Waals surface area contributed by atoms with Gasteiger partial charge >= 0.3 is 5.97 Å². The van der Waals surface area contributed by atoms with E-state index >= 15 is 0 Å². The van der Waals surface area contributed by atoms with Gasteiger partial charge in [-0.1, -0.05) is 20.8 Å². The van der Waals surface area contributed by atoms with E-state index in [0.717, 1.165) is 40.9 Å². The van der Waals surface area contributed by atoms with Crippen molar-refractivity contribution in [2.24, 2.45) is 5.73 Å². The van der Waals surface area contributed by atoms with Crippen molar-refractivity contribution in [1.82, 2.24) is 14.4 Å². The van der Waals surface area contributed by atoms with Crippen LogP contribution in [-0.2, 0) is 17.6 Å². The zero-order valence-corrected chi connectivity index (χ0v) is 20.6. The Balaban J connectivity index is 1.90. The molecule has 0 aliphatic heterocycles. The number of hydrogen-bond acceptors (Lipinski definition) is 8. The van der Waals surface area contributed by atoms with Crippen LogP contribution in [-0.4, -0.2) is 43.1 Å². The van der Waals surface area contributed by atoms with Crippen LogP contribution in [0.15, 0.2) is 34.6 Å². The molecule has 0 spiro atoms. The maximum Gasteiger partial charge on any atom is 0.328 e. The van der Waals surface area contributed by atoms with Crippen LogP contribution in [0, 0.1) is 0 Å².